The first-order chi connectivity index (χ1) is 8.81. The van der Waals surface area contributed by atoms with E-state index >= 15 is 0 Å². The molecule has 0 bridgehead atoms. The second-order valence-electron chi connectivity index (χ2n) is 6.49. The summed E-state index contributed by atoms with van der Waals surface area (Å²) in [5.41, 5.74) is -1.39. The zero-order valence-corrected chi connectivity index (χ0v) is 12.7. The third kappa shape index (κ3) is 1.96. The minimum Gasteiger partial charge on any atom is -0.340 e. The Morgan fingerprint density at radius 2 is 1.89 bits per heavy atom. The fourth-order valence-corrected chi connectivity index (χ4v) is 3.12. The number of carbonyl (C=O) groups is 2. The molecular formula is C15H26N2O2. The van der Waals surface area contributed by atoms with Crippen LogP contribution in [-0.4, -0.2) is 33.8 Å². The standard InChI is InChI=1S/C15H26N2O2/c1-6-10(3)17-13(19)14(4,7-2)16-12(18)15(17,5)11-8-9-11/h10-11H,6-9H2,1-5H3,(H,16,18). The third-order valence-electron chi connectivity index (χ3n) is 5.15. The van der Waals surface area contributed by atoms with E-state index < -0.39 is 11.1 Å². The molecular weight excluding hydrogens is 240 g/mol. The van der Waals surface area contributed by atoms with Crippen LogP contribution in [0.5, 0.6) is 0 Å². The van der Waals surface area contributed by atoms with E-state index in [9.17, 15) is 9.59 Å². The van der Waals surface area contributed by atoms with Gasteiger partial charge in [-0.1, -0.05) is 13.8 Å². The fraction of sp³-hybridized carbons (Fsp3) is 0.867. The van der Waals surface area contributed by atoms with Crippen LogP contribution in [0.1, 0.15) is 60.3 Å². The molecule has 1 N–H and O–H groups in total. The van der Waals surface area contributed by atoms with E-state index in [1.165, 1.54) is 0 Å². The second kappa shape index (κ2) is 4.50. The van der Waals surface area contributed by atoms with E-state index in [-0.39, 0.29) is 17.9 Å². The number of nitrogens with one attached hydrogen (secondary N) is 1. The van der Waals surface area contributed by atoms with Gasteiger partial charge in [0.1, 0.15) is 11.1 Å². The molecule has 4 nitrogen and oxygen atoms in total. The Labute approximate surface area is 115 Å². The molecule has 0 spiro atoms. The van der Waals surface area contributed by atoms with Gasteiger partial charge in [-0.2, -0.15) is 0 Å². The summed E-state index contributed by atoms with van der Waals surface area (Å²) >= 11 is 0. The lowest BCUT2D eigenvalue weighted by Crippen LogP contribution is -2.76. The summed E-state index contributed by atoms with van der Waals surface area (Å²) in [5, 5.41) is 2.98. The van der Waals surface area contributed by atoms with Crippen molar-refractivity contribution in [3.8, 4) is 0 Å². The summed E-state index contributed by atoms with van der Waals surface area (Å²) in [6.07, 6.45) is 3.60. The van der Waals surface area contributed by atoms with Gasteiger partial charge in [0, 0.05) is 6.04 Å². The number of hydrogen-bond acceptors (Lipinski definition) is 2. The van der Waals surface area contributed by atoms with Gasteiger partial charge in [-0.3, -0.25) is 9.59 Å². The first-order valence-corrected chi connectivity index (χ1v) is 7.47. The van der Waals surface area contributed by atoms with Crippen molar-refractivity contribution in [1.29, 1.82) is 0 Å². The molecule has 0 radical (unpaired) electrons. The number of hydrogen-bond donors (Lipinski definition) is 1. The maximum Gasteiger partial charge on any atom is 0.249 e. The van der Waals surface area contributed by atoms with Gasteiger partial charge >= 0.3 is 0 Å². The summed E-state index contributed by atoms with van der Waals surface area (Å²) in [6.45, 7) is 9.86. The predicted molar refractivity (Wildman–Crippen MR) is 74.6 cm³/mol. The molecule has 1 saturated carbocycles. The Morgan fingerprint density at radius 3 is 2.32 bits per heavy atom. The predicted octanol–water partition coefficient (Wildman–Crippen LogP) is 2.08. The van der Waals surface area contributed by atoms with Crippen LogP contribution >= 0.6 is 0 Å². The molecule has 0 aromatic rings. The van der Waals surface area contributed by atoms with Gasteiger partial charge in [0.25, 0.3) is 0 Å². The van der Waals surface area contributed by atoms with Gasteiger partial charge in [-0.05, 0) is 52.4 Å². The van der Waals surface area contributed by atoms with Crippen LogP contribution in [0.25, 0.3) is 0 Å². The number of piperazine rings is 1. The molecule has 0 aromatic heterocycles. The lowest BCUT2D eigenvalue weighted by atomic mass is 9.81. The van der Waals surface area contributed by atoms with Crippen molar-refractivity contribution in [1.82, 2.24) is 10.2 Å². The van der Waals surface area contributed by atoms with Crippen molar-refractivity contribution in [2.75, 3.05) is 0 Å². The molecule has 108 valence electrons. The van der Waals surface area contributed by atoms with E-state index in [2.05, 4.69) is 12.2 Å². The Bertz CT molecular complexity index is 405. The van der Waals surface area contributed by atoms with Gasteiger partial charge in [-0.15, -0.1) is 0 Å². The fourth-order valence-electron chi connectivity index (χ4n) is 3.12. The van der Waals surface area contributed by atoms with Crippen LogP contribution in [0, 0.1) is 5.92 Å². The smallest absolute Gasteiger partial charge is 0.249 e. The molecule has 4 heteroatoms. The van der Waals surface area contributed by atoms with E-state index in [0.29, 0.717) is 12.3 Å². The number of carbonyl (C=O) groups excluding carboxylic acids is 2. The van der Waals surface area contributed by atoms with Crippen LogP contribution in [-0.2, 0) is 9.59 Å². The van der Waals surface area contributed by atoms with Crippen LogP contribution in [0.2, 0.25) is 0 Å². The van der Waals surface area contributed by atoms with Gasteiger partial charge in [0.05, 0.1) is 0 Å². The highest BCUT2D eigenvalue weighted by Crippen LogP contribution is 2.47. The highest BCUT2D eigenvalue weighted by molar-refractivity contribution is 6.02. The molecule has 2 aliphatic rings. The molecule has 3 unspecified atom stereocenters. The first kappa shape index (κ1) is 14.4. The zero-order valence-electron chi connectivity index (χ0n) is 12.7. The Kier molecular flexibility index (Phi) is 3.40. The number of rotatable bonds is 4. The topological polar surface area (TPSA) is 49.4 Å². The minimum absolute atomic E-state index is 0.0271. The number of nitrogens with zero attached hydrogens (tertiary/aromatic N) is 1. The molecule has 19 heavy (non-hydrogen) atoms. The molecule has 1 aliphatic heterocycles. The van der Waals surface area contributed by atoms with Crippen LogP contribution < -0.4 is 5.32 Å². The van der Waals surface area contributed by atoms with Gasteiger partial charge in [-0.25, -0.2) is 0 Å². The third-order valence-corrected chi connectivity index (χ3v) is 5.15. The Hall–Kier alpha value is -1.06. The average molecular weight is 266 g/mol. The van der Waals surface area contributed by atoms with E-state index in [1.807, 2.05) is 32.6 Å². The van der Waals surface area contributed by atoms with Gasteiger partial charge in [0.15, 0.2) is 0 Å². The lowest BCUT2D eigenvalue weighted by molar-refractivity contribution is -0.166. The summed E-state index contributed by atoms with van der Waals surface area (Å²) in [7, 11) is 0. The summed E-state index contributed by atoms with van der Waals surface area (Å²) < 4.78 is 0. The van der Waals surface area contributed by atoms with Crippen molar-refractivity contribution < 1.29 is 9.59 Å². The van der Waals surface area contributed by atoms with E-state index in [1.54, 1.807) is 0 Å². The van der Waals surface area contributed by atoms with Crippen molar-refractivity contribution in [3.63, 3.8) is 0 Å². The number of amides is 2. The van der Waals surface area contributed by atoms with Gasteiger partial charge in [0.2, 0.25) is 11.8 Å². The van der Waals surface area contributed by atoms with E-state index in [4.69, 9.17) is 0 Å². The summed E-state index contributed by atoms with van der Waals surface area (Å²) in [5.74, 6) is 0.435. The normalized spacial score (nSPS) is 37.2. The SMILES string of the molecule is CCC(C)N1C(=O)C(C)(CC)NC(=O)C1(C)C1CC1. The van der Waals surface area contributed by atoms with Crippen molar-refractivity contribution in [2.45, 2.75) is 77.4 Å². The maximum absolute atomic E-state index is 12.9. The van der Waals surface area contributed by atoms with Crippen molar-refractivity contribution in [3.05, 3.63) is 0 Å². The summed E-state index contributed by atoms with van der Waals surface area (Å²) in [6, 6.07) is 0.107. The molecule has 2 rings (SSSR count). The lowest BCUT2D eigenvalue weighted by Gasteiger charge is -2.52. The van der Waals surface area contributed by atoms with Crippen molar-refractivity contribution >= 4 is 11.8 Å². The second-order valence-corrected chi connectivity index (χ2v) is 6.49. The molecule has 1 aliphatic carbocycles. The molecule has 2 fully saturated rings. The largest absolute Gasteiger partial charge is 0.340 e. The summed E-state index contributed by atoms with van der Waals surface area (Å²) in [4.78, 5) is 27.4. The highest BCUT2D eigenvalue weighted by Gasteiger charge is 2.60. The van der Waals surface area contributed by atoms with Crippen LogP contribution in [0.4, 0.5) is 0 Å². The molecule has 1 heterocycles. The zero-order chi connectivity index (χ0) is 14.4. The molecule has 2 amide bonds. The first-order valence-electron chi connectivity index (χ1n) is 7.47. The average Bonchev–Trinajstić information content (AvgIpc) is 3.21. The molecule has 1 saturated heterocycles. The van der Waals surface area contributed by atoms with E-state index in [0.717, 1.165) is 19.3 Å². The van der Waals surface area contributed by atoms with Crippen LogP contribution in [0.3, 0.4) is 0 Å². The van der Waals surface area contributed by atoms with Crippen LogP contribution in [0.15, 0.2) is 0 Å². The Balaban J connectivity index is 2.44. The monoisotopic (exact) mass is 266 g/mol. The van der Waals surface area contributed by atoms with Crippen molar-refractivity contribution in [2.24, 2.45) is 5.92 Å². The minimum atomic E-state index is -0.741. The van der Waals surface area contributed by atoms with Gasteiger partial charge < -0.3 is 10.2 Å². The quantitative estimate of drug-likeness (QED) is 0.847. The Morgan fingerprint density at radius 1 is 1.32 bits per heavy atom. The molecule has 0 aromatic carbocycles. The maximum atomic E-state index is 12.9. The highest BCUT2D eigenvalue weighted by atomic mass is 16.2. The molecule has 3 atom stereocenters.